The van der Waals surface area contributed by atoms with Gasteiger partial charge in [0.1, 0.15) is 5.58 Å². The van der Waals surface area contributed by atoms with Crippen LogP contribution in [0.15, 0.2) is 52.9 Å². The summed E-state index contributed by atoms with van der Waals surface area (Å²) >= 11 is 1.92. The van der Waals surface area contributed by atoms with Crippen molar-refractivity contribution in [3.63, 3.8) is 0 Å². The lowest BCUT2D eigenvalue weighted by molar-refractivity contribution is 0.0992. The number of hydrogen-bond acceptors (Lipinski definition) is 4. The van der Waals surface area contributed by atoms with Gasteiger partial charge in [0, 0.05) is 33.2 Å². The topological polar surface area (TPSA) is 85.3 Å². The summed E-state index contributed by atoms with van der Waals surface area (Å²) in [6.07, 6.45) is 6.40. The molecule has 1 saturated carbocycles. The predicted octanol–water partition coefficient (Wildman–Crippen LogP) is 5.35. The zero-order chi connectivity index (χ0) is 20.2. The number of nitrogens with one attached hydrogen (secondary N) is 1. The van der Waals surface area contributed by atoms with E-state index in [9.17, 15) is 9.59 Å². The van der Waals surface area contributed by atoms with Crippen LogP contribution in [0.4, 0.5) is 5.69 Å². The molecule has 1 aliphatic rings. The van der Waals surface area contributed by atoms with E-state index in [4.69, 9.17) is 10.2 Å². The van der Waals surface area contributed by atoms with E-state index < -0.39 is 5.91 Å². The van der Waals surface area contributed by atoms with Crippen LogP contribution >= 0.6 is 11.8 Å². The quantitative estimate of drug-likeness (QED) is 0.576. The maximum Gasteiger partial charge on any atom is 0.291 e. The maximum atomic E-state index is 13.0. The van der Waals surface area contributed by atoms with Crippen molar-refractivity contribution >= 4 is 40.2 Å². The molecule has 3 N–H and O–H groups in total. The van der Waals surface area contributed by atoms with Gasteiger partial charge in [0.25, 0.3) is 5.91 Å². The first-order valence-corrected chi connectivity index (χ1v) is 11.0. The Labute approximate surface area is 174 Å². The lowest BCUT2D eigenvalue weighted by Crippen LogP contribution is -2.14. The van der Waals surface area contributed by atoms with E-state index >= 15 is 0 Å². The van der Waals surface area contributed by atoms with Gasteiger partial charge in [-0.15, -0.1) is 0 Å². The van der Waals surface area contributed by atoms with E-state index in [0.29, 0.717) is 22.3 Å². The van der Waals surface area contributed by atoms with Gasteiger partial charge in [0.05, 0.1) is 0 Å². The number of benzene rings is 2. The molecule has 5 nitrogen and oxygen atoms in total. The molecule has 0 aliphatic heterocycles. The summed E-state index contributed by atoms with van der Waals surface area (Å²) in [6.45, 7) is 0. The predicted molar refractivity (Wildman–Crippen MR) is 117 cm³/mol. The van der Waals surface area contributed by atoms with Crippen molar-refractivity contribution in [1.29, 1.82) is 0 Å². The fourth-order valence-corrected chi connectivity index (χ4v) is 5.12. The molecule has 1 aromatic heterocycles. The van der Waals surface area contributed by atoms with Gasteiger partial charge in [0.15, 0.2) is 5.76 Å². The second kappa shape index (κ2) is 8.74. The molecule has 0 bridgehead atoms. The van der Waals surface area contributed by atoms with E-state index in [2.05, 4.69) is 5.32 Å². The van der Waals surface area contributed by atoms with Crippen LogP contribution in [0.25, 0.3) is 11.0 Å². The normalized spacial score (nSPS) is 14.8. The van der Waals surface area contributed by atoms with E-state index in [1.165, 1.54) is 32.1 Å². The van der Waals surface area contributed by atoms with Gasteiger partial charge < -0.3 is 15.5 Å². The number of amides is 2. The van der Waals surface area contributed by atoms with Crippen molar-refractivity contribution in [3.05, 3.63) is 65.4 Å². The summed E-state index contributed by atoms with van der Waals surface area (Å²) in [6, 6.07) is 14.3. The van der Waals surface area contributed by atoms with Crippen molar-refractivity contribution in [2.75, 3.05) is 5.32 Å². The Morgan fingerprint density at radius 2 is 1.76 bits per heavy atom. The van der Waals surface area contributed by atoms with Crippen molar-refractivity contribution in [1.82, 2.24) is 0 Å². The minimum absolute atomic E-state index is 0.285. The molecule has 1 aliphatic carbocycles. The summed E-state index contributed by atoms with van der Waals surface area (Å²) in [5.41, 5.74) is 7.93. The lowest BCUT2D eigenvalue weighted by Gasteiger charge is -2.20. The molecule has 6 heteroatoms. The monoisotopic (exact) mass is 408 g/mol. The number of furan rings is 1. The van der Waals surface area contributed by atoms with Crippen LogP contribution < -0.4 is 11.1 Å². The fraction of sp³-hybridized carbons (Fsp3) is 0.304. The minimum atomic E-state index is -0.498. The SMILES string of the molecule is NC(=O)c1ccc(NC(=O)c2oc3ccccc3c2CSC2CCCCC2)cc1. The Bertz CT molecular complexity index is 1020. The Morgan fingerprint density at radius 1 is 1.03 bits per heavy atom. The van der Waals surface area contributed by atoms with E-state index in [1.54, 1.807) is 24.3 Å². The number of nitrogens with two attached hydrogens (primary N) is 1. The molecule has 3 aromatic rings. The molecule has 0 spiro atoms. The number of thioether (sulfide) groups is 1. The van der Waals surface area contributed by atoms with Crippen LogP contribution in [-0.2, 0) is 5.75 Å². The van der Waals surface area contributed by atoms with Gasteiger partial charge in [-0.3, -0.25) is 9.59 Å². The Kier molecular flexibility index (Phi) is 5.90. The number of para-hydroxylation sites is 1. The fourth-order valence-electron chi connectivity index (χ4n) is 3.76. The van der Waals surface area contributed by atoms with Gasteiger partial charge in [-0.05, 0) is 43.2 Å². The van der Waals surface area contributed by atoms with E-state index in [0.717, 1.165) is 22.3 Å². The average molecular weight is 409 g/mol. The molecule has 2 aromatic carbocycles. The number of primary amides is 1. The second-order valence-corrected chi connectivity index (χ2v) is 8.66. The van der Waals surface area contributed by atoms with Crippen LogP contribution in [0.5, 0.6) is 0 Å². The number of rotatable bonds is 6. The molecular formula is C23H24N2O3S. The third kappa shape index (κ3) is 4.48. The third-order valence-corrected chi connectivity index (χ3v) is 6.75. The largest absolute Gasteiger partial charge is 0.451 e. The zero-order valence-corrected chi connectivity index (χ0v) is 17.0. The van der Waals surface area contributed by atoms with Gasteiger partial charge in [-0.1, -0.05) is 37.5 Å². The highest BCUT2D eigenvalue weighted by molar-refractivity contribution is 7.99. The van der Waals surface area contributed by atoms with Crippen LogP contribution in [-0.4, -0.2) is 17.1 Å². The summed E-state index contributed by atoms with van der Waals surface area (Å²) in [5.74, 6) is 0.327. The Morgan fingerprint density at radius 3 is 2.48 bits per heavy atom. The maximum absolute atomic E-state index is 13.0. The minimum Gasteiger partial charge on any atom is -0.451 e. The molecule has 1 fully saturated rings. The van der Waals surface area contributed by atoms with Crippen molar-refractivity contribution < 1.29 is 14.0 Å². The highest BCUT2D eigenvalue weighted by Crippen LogP contribution is 2.35. The summed E-state index contributed by atoms with van der Waals surface area (Å²) in [5, 5.41) is 4.51. The van der Waals surface area contributed by atoms with Gasteiger partial charge >= 0.3 is 0 Å². The molecule has 0 unspecified atom stereocenters. The Hall–Kier alpha value is -2.73. The van der Waals surface area contributed by atoms with Crippen LogP contribution in [0, 0.1) is 0 Å². The summed E-state index contributed by atoms with van der Waals surface area (Å²) < 4.78 is 5.94. The lowest BCUT2D eigenvalue weighted by atomic mass is 10.0. The first-order chi connectivity index (χ1) is 14.1. The number of carbonyl (C=O) groups is 2. The molecule has 1 heterocycles. The van der Waals surface area contributed by atoms with E-state index in [1.807, 2.05) is 36.0 Å². The highest BCUT2D eigenvalue weighted by Gasteiger charge is 2.22. The average Bonchev–Trinajstić information content (AvgIpc) is 3.12. The molecular weight excluding hydrogens is 384 g/mol. The van der Waals surface area contributed by atoms with Gasteiger partial charge in [-0.2, -0.15) is 11.8 Å². The van der Waals surface area contributed by atoms with Crippen LogP contribution in [0.2, 0.25) is 0 Å². The third-order valence-electron chi connectivity index (χ3n) is 5.35. The van der Waals surface area contributed by atoms with Crippen molar-refractivity contribution in [2.24, 2.45) is 5.73 Å². The van der Waals surface area contributed by atoms with Crippen molar-refractivity contribution in [3.8, 4) is 0 Å². The zero-order valence-electron chi connectivity index (χ0n) is 16.1. The first-order valence-electron chi connectivity index (χ1n) is 9.95. The molecule has 29 heavy (non-hydrogen) atoms. The molecule has 0 radical (unpaired) electrons. The number of carbonyl (C=O) groups excluding carboxylic acids is 2. The molecule has 0 saturated heterocycles. The summed E-state index contributed by atoms with van der Waals surface area (Å²) in [7, 11) is 0. The highest BCUT2D eigenvalue weighted by atomic mass is 32.2. The van der Waals surface area contributed by atoms with Gasteiger partial charge in [-0.25, -0.2) is 0 Å². The second-order valence-electron chi connectivity index (χ2n) is 7.37. The number of hydrogen-bond donors (Lipinski definition) is 2. The van der Waals surface area contributed by atoms with E-state index in [-0.39, 0.29) is 5.91 Å². The number of anilines is 1. The standard InChI is InChI=1S/C23H24N2O3S/c24-22(26)15-10-12-16(13-11-15)25-23(27)21-19(14-29-17-6-2-1-3-7-17)18-8-4-5-9-20(18)28-21/h4-5,8-13,17H,1-3,6-7,14H2,(H2,24,26)(H,25,27). The van der Waals surface area contributed by atoms with Crippen LogP contribution in [0.3, 0.4) is 0 Å². The number of fused-ring (bicyclic) bond motifs is 1. The van der Waals surface area contributed by atoms with Gasteiger partial charge in [0.2, 0.25) is 5.91 Å². The van der Waals surface area contributed by atoms with Crippen LogP contribution in [0.1, 0.15) is 58.6 Å². The smallest absolute Gasteiger partial charge is 0.291 e. The van der Waals surface area contributed by atoms with Crippen molar-refractivity contribution in [2.45, 2.75) is 43.1 Å². The Balaban J connectivity index is 1.56. The molecule has 150 valence electrons. The molecule has 4 rings (SSSR count). The first kappa shape index (κ1) is 19.6. The summed E-state index contributed by atoms with van der Waals surface area (Å²) in [4.78, 5) is 24.2. The molecule has 2 amide bonds. The molecule has 0 atom stereocenters.